The Morgan fingerprint density at radius 1 is 1.08 bits per heavy atom. The number of nitrogens with zero attached hydrogens (tertiary/aromatic N) is 1. The number of benzene rings is 2. The molecule has 25 heavy (non-hydrogen) atoms. The fraction of sp³-hybridized carbons (Fsp3) is 0.316. The summed E-state index contributed by atoms with van der Waals surface area (Å²) in [5.74, 6) is 0.565. The minimum absolute atomic E-state index is 0.144. The molecule has 6 heteroatoms. The molecule has 1 amide bonds. The Morgan fingerprint density at radius 3 is 2.40 bits per heavy atom. The summed E-state index contributed by atoms with van der Waals surface area (Å²) in [4.78, 5) is 14.3. The summed E-state index contributed by atoms with van der Waals surface area (Å²) in [5, 5.41) is 0. The third-order valence-electron chi connectivity index (χ3n) is 3.99. The van der Waals surface area contributed by atoms with Crippen LogP contribution >= 0.6 is 0 Å². The van der Waals surface area contributed by atoms with Gasteiger partial charge in [-0.05, 0) is 43.2 Å². The number of para-hydroxylation sites is 1. The summed E-state index contributed by atoms with van der Waals surface area (Å²) in [6.07, 6.45) is 1.13. The van der Waals surface area contributed by atoms with Crippen molar-refractivity contribution in [2.75, 3.05) is 26.5 Å². The Balaban J connectivity index is 2.06. The van der Waals surface area contributed by atoms with E-state index in [1.807, 2.05) is 31.2 Å². The molecular weight excluding hydrogens is 338 g/mol. The molecule has 0 aromatic heterocycles. The quantitative estimate of drug-likeness (QED) is 0.794. The first-order chi connectivity index (χ1) is 11.7. The first kappa shape index (κ1) is 19.0. The maximum atomic E-state index is 12.6. The molecule has 2 rings (SSSR count). The van der Waals surface area contributed by atoms with Gasteiger partial charge >= 0.3 is 0 Å². The Hall–Kier alpha value is -2.34. The number of likely N-dealkylation sites (N-methyl/N-ethyl adjacent to an activating group) is 1. The predicted molar refractivity (Wildman–Crippen MR) is 97.9 cm³/mol. The molecule has 5 nitrogen and oxygen atoms in total. The molecule has 0 fully saturated rings. The van der Waals surface area contributed by atoms with Gasteiger partial charge in [-0.25, -0.2) is 8.42 Å². The monoisotopic (exact) mass is 361 g/mol. The van der Waals surface area contributed by atoms with Crippen molar-refractivity contribution in [2.45, 2.75) is 18.7 Å². The molecule has 2 aromatic rings. The van der Waals surface area contributed by atoms with E-state index in [2.05, 4.69) is 0 Å². The standard InChI is InChI=1S/C19H23NO4S/c1-14-9-10-16(25(4,22)23)13-17(14)19(21)20(3)11-12-24-18-8-6-5-7-15(18)2/h5-10,13H,11-12H2,1-4H3. The van der Waals surface area contributed by atoms with Gasteiger partial charge in [0.1, 0.15) is 12.4 Å². The lowest BCUT2D eigenvalue weighted by Gasteiger charge is -2.19. The number of hydrogen-bond acceptors (Lipinski definition) is 4. The van der Waals surface area contributed by atoms with Crippen LogP contribution in [0.3, 0.4) is 0 Å². The molecule has 0 N–H and O–H groups in total. The molecule has 0 unspecified atom stereocenters. The predicted octanol–water partition coefficient (Wildman–Crippen LogP) is 2.86. The second kappa shape index (κ2) is 7.70. The largest absolute Gasteiger partial charge is 0.491 e. The fourth-order valence-electron chi connectivity index (χ4n) is 2.38. The molecular formula is C19H23NO4S. The number of ether oxygens (including phenoxy) is 1. The van der Waals surface area contributed by atoms with Crippen LogP contribution in [0.25, 0.3) is 0 Å². The number of sulfone groups is 1. The van der Waals surface area contributed by atoms with E-state index < -0.39 is 9.84 Å². The number of amides is 1. The highest BCUT2D eigenvalue weighted by molar-refractivity contribution is 7.90. The first-order valence-corrected chi connectivity index (χ1v) is 9.84. The van der Waals surface area contributed by atoms with E-state index >= 15 is 0 Å². The summed E-state index contributed by atoms with van der Waals surface area (Å²) in [5.41, 5.74) is 2.17. The van der Waals surface area contributed by atoms with E-state index in [9.17, 15) is 13.2 Å². The zero-order valence-corrected chi connectivity index (χ0v) is 15.8. The minimum atomic E-state index is -3.35. The van der Waals surface area contributed by atoms with Crippen LogP contribution in [0.5, 0.6) is 5.75 Å². The zero-order valence-electron chi connectivity index (χ0n) is 14.9. The molecule has 0 saturated carbocycles. The van der Waals surface area contributed by atoms with E-state index in [-0.39, 0.29) is 10.8 Å². The van der Waals surface area contributed by atoms with Crippen LogP contribution in [-0.2, 0) is 9.84 Å². The van der Waals surface area contributed by atoms with Gasteiger partial charge in [-0.2, -0.15) is 0 Å². The van der Waals surface area contributed by atoms with Crippen LogP contribution in [-0.4, -0.2) is 45.7 Å². The lowest BCUT2D eigenvalue weighted by atomic mass is 10.1. The summed E-state index contributed by atoms with van der Waals surface area (Å²) in [6.45, 7) is 4.51. The molecule has 0 saturated heterocycles. The Morgan fingerprint density at radius 2 is 1.76 bits per heavy atom. The topological polar surface area (TPSA) is 63.7 Å². The van der Waals surface area contributed by atoms with Crippen molar-refractivity contribution >= 4 is 15.7 Å². The maximum absolute atomic E-state index is 12.6. The van der Waals surface area contributed by atoms with Crippen LogP contribution in [0.4, 0.5) is 0 Å². The Kier molecular flexibility index (Phi) is 5.85. The molecule has 0 atom stereocenters. The van der Waals surface area contributed by atoms with Gasteiger partial charge in [-0.1, -0.05) is 24.3 Å². The lowest BCUT2D eigenvalue weighted by Crippen LogP contribution is -2.31. The molecule has 134 valence electrons. The molecule has 0 aliphatic rings. The van der Waals surface area contributed by atoms with E-state index in [0.29, 0.717) is 18.7 Å². The Labute approximate surface area is 149 Å². The smallest absolute Gasteiger partial charge is 0.254 e. The second-order valence-electron chi connectivity index (χ2n) is 6.09. The minimum Gasteiger partial charge on any atom is -0.491 e. The SMILES string of the molecule is Cc1ccccc1OCCN(C)C(=O)c1cc(S(C)(=O)=O)ccc1C. The molecule has 0 aliphatic heterocycles. The van der Waals surface area contributed by atoms with E-state index in [0.717, 1.165) is 23.1 Å². The highest BCUT2D eigenvalue weighted by Crippen LogP contribution is 2.18. The van der Waals surface area contributed by atoms with Gasteiger partial charge in [-0.3, -0.25) is 4.79 Å². The molecule has 0 bridgehead atoms. The molecule has 0 heterocycles. The normalized spacial score (nSPS) is 11.2. The van der Waals surface area contributed by atoms with Crippen LogP contribution < -0.4 is 4.74 Å². The van der Waals surface area contributed by atoms with Gasteiger partial charge in [0.2, 0.25) is 0 Å². The molecule has 0 aliphatic carbocycles. The van der Waals surface area contributed by atoms with Gasteiger partial charge < -0.3 is 9.64 Å². The number of carbonyl (C=O) groups excluding carboxylic acids is 1. The maximum Gasteiger partial charge on any atom is 0.254 e. The molecule has 0 radical (unpaired) electrons. The van der Waals surface area contributed by atoms with Gasteiger partial charge in [0.15, 0.2) is 9.84 Å². The summed E-state index contributed by atoms with van der Waals surface area (Å²) in [7, 11) is -1.68. The third-order valence-corrected chi connectivity index (χ3v) is 5.10. The van der Waals surface area contributed by atoms with E-state index in [4.69, 9.17) is 4.74 Å². The second-order valence-corrected chi connectivity index (χ2v) is 8.11. The van der Waals surface area contributed by atoms with Crippen molar-refractivity contribution in [3.63, 3.8) is 0 Å². The van der Waals surface area contributed by atoms with Crippen molar-refractivity contribution in [3.05, 3.63) is 59.2 Å². The van der Waals surface area contributed by atoms with Crippen molar-refractivity contribution < 1.29 is 17.9 Å². The first-order valence-electron chi connectivity index (χ1n) is 7.95. The van der Waals surface area contributed by atoms with E-state index in [1.54, 1.807) is 20.0 Å². The lowest BCUT2D eigenvalue weighted by molar-refractivity contribution is 0.0772. The number of rotatable bonds is 6. The molecule has 2 aromatic carbocycles. The van der Waals surface area contributed by atoms with Crippen molar-refractivity contribution in [2.24, 2.45) is 0 Å². The number of hydrogen-bond donors (Lipinski definition) is 0. The van der Waals surface area contributed by atoms with Crippen molar-refractivity contribution in [3.8, 4) is 5.75 Å². The zero-order chi connectivity index (χ0) is 18.6. The highest BCUT2D eigenvalue weighted by atomic mass is 32.2. The summed E-state index contributed by atoms with van der Waals surface area (Å²) in [6, 6.07) is 12.3. The number of aryl methyl sites for hydroxylation is 2. The average molecular weight is 361 g/mol. The van der Waals surface area contributed by atoms with Gasteiger partial charge in [0, 0.05) is 18.9 Å². The van der Waals surface area contributed by atoms with Gasteiger partial charge in [0.05, 0.1) is 11.4 Å². The molecule has 0 spiro atoms. The van der Waals surface area contributed by atoms with Crippen LogP contribution in [0, 0.1) is 13.8 Å². The fourth-order valence-corrected chi connectivity index (χ4v) is 3.03. The summed E-state index contributed by atoms with van der Waals surface area (Å²) >= 11 is 0. The van der Waals surface area contributed by atoms with Crippen molar-refractivity contribution in [1.82, 2.24) is 4.90 Å². The van der Waals surface area contributed by atoms with E-state index in [1.165, 1.54) is 17.0 Å². The van der Waals surface area contributed by atoms with Gasteiger partial charge in [0.25, 0.3) is 5.91 Å². The van der Waals surface area contributed by atoms with Crippen LogP contribution in [0.1, 0.15) is 21.5 Å². The average Bonchev–Trinajstić information content (AvgIpc) is 2.55. The Bertz CT molecular complexity index is 875. The van der Waals surface area contributed by atoms with Crippen LogP contribution in [0.15, 0.2) is 47.4 Å². The highest BCUT2D eigenvalue weighted by Gasteiger charge is 2.17. The summed E-state index contributed by atoms with van der Waals surface area (Å²) < 4.78 is 29.1. The van der Waals surface area contributed by atoms with Crippen molar-refractivity contribution in [1.29, 1.82) is 0 Å². The number of carbonyl (C=O) groups is 1. The van der Waals surface area contributed by atoms with Crippen LogP contribution in [0.2, 0.25) is 0 Å². The van der Waals surface area contributed by atoms with Gasteiger partial charge in [-0.15, -0.1) is 0 Å². The third kappa shape index (κ3) is 4.82.